The quantitative estimate of drug-likeness (QED) is 0.731. The first-order valence-electron chi connectivity index (χ1n) is 6.32. The van der Waals surface area contributed by atoms with Crippen LogP contribution in [-0.2, 0) is 13.1 Å². The minimum absolute atomic E-state index is 0.194. The first kappa shape index (κ1) is 11.9. The number of aromatic nitrogens is 1. The lowest BCUT2D eigenvalue weighted by Crippen LogP contribution is -2.12. The Hall–Kier alpha value is -2.13. The van der Waals surface area contributed by atoms with Gasteiger partial charge in [0.1, 0.15) is 5.82 Å². The largest absolute Gasteiger partial charge is 0.361 e. The number of nitrogens with one attached hydrogen (secondary N) is 2. The van der Waals surface area contributed by atoms with Crippen molar-refractivity contribution in [3.63, 3.8) is 0 Å². The van der Waals surface area contributed by atoms with Gasteiger partial charge in [0.25, 0.3) is 0 Å². The van der Waals surface area contributed by atoms with Gasteiger partial charge in [-0.25, -0.2) is 4.39 Å². The Morgan fingerprint density at radius 1 is 0.895 bits per heavy atom. The number of hydrogen-bond acceptors (Lipinski definition) is 1. The summed E-state index contributed by atoms with van der Waals surface area (Å²) in [5.74, 6) is -0.194. The number of rotatable bonds is 4. The summed E-state index contributed by atoms with van der Waals surface area (Å²) in [7, 11) is 0. The number of hydrogen-bond donors (Lipinski definition) is 2. The van der Waals surface area contributed by atoms with Crippen molar-refractivity contribution in [1.82, 2.24) is 10.3 Å². The highest BCUT2D eigenvalue weighted by Crippen LogP contribution is 2.14. The molecule has 19 heavy (non-hydrogen) atoms. The maximum absolute atomic E-state index is 12.8. The van der Waals surface area contributed by atoms with E-state index in [1.807, 2.05) is 6.20 Å². The summed E-state index contributed by atoms with van der Waals surface area (Å²) in [4.78, 5) is 3.20. The van der Waals surface area contributed by atoms with Crippen LogP contribution in [0.3, 0.4) is 0 Å². The molecule has 1 heterocycles. The molecule has 1 aromatic heterocycles. The minimum Gasteiger partial charge on any atom is -0.361 e. The second-order valence-electron chi connectivity index (χ2n) is 4.63. The Morgan fingerprint density at radius 3 is 2.47 bits per heavy atom. The molecule has 0 fully saturated rings. The third-order valence-corrected chi connectivity index (χ3v) is 3.19. The fraction of sp³-hybridized carbons (Fsp3) is 0.125. The van der Waals surface area contributed by atoms with E-state index in [0.29, 0.717) is 0 Å². The molecule has 2 N–H and O–H groups in total. The first-order valence-corrected chi connectivity index (χ1v) is 6.32. The molecule has 96 valence electrons. The Labute approximate surface area is 111 Å². The monoisotopic (exact) mass is 254 g/mol. The van der Waals surface area contributed by atoms with E-state index in [9.17, 15) is 4.39 Å². The molecule has 0 saturated carbocycles. The minimum atomic E-state index is -0.194. The van der Waals surface area contributed by atoms with Crippen LogP contribution >= 0.6 is 0 Å². The van der Waals surface area contributed by atoms with Crippen molar-refractivity contribution < 1.29 is 4.39 Å². The molecule has 2 aromatic carbocycles. The maximum atomic E-state index is 12.8. The third kappa shape index (κ3) is 2.83. The normalized spacial score (nSPS) is 11.0. The summed E-state index contributed by atoms with van der Waals surface area (Å²) in [5, 5.41) is 4.58. The third-order valence-electron chi connectivity index (χ3n) is 3.19. The van der Waals surface area contributed by atoms with Crippen molar-refractivity contribution in [2.24, 2.45) is 0 Å². The molecule has 0 aliphatic carbocycles. The lowest BCUT2D eigenvalue weighted by Gasteiger charge is -2.05. The molecule has 3 heteroatoms. The van der Waals surface area contributed by atoms with Crippen molar-refractivity contribution >= 4 is 10.9 Å². The number of aromatic amines is 1. The Morgan fingerprint density at radius 2 is 1.63 bits per heavy atom. The van der Waals surface area contributed by atoms with E-state index in [4.69, 9.17) is 0 Å². The molecule has 0 saturated heterocycles. The van der Waals surface area contributed by atoms with Crippen LogP contribution in [0.2, 0.25) is 0 Å². The van der Waals surface area contributed by atoms with Crippen LogP contribution < -0.4 is 5.32 Å². The Kier molecular flexibility index (Phi) is 3.29. The summed E-state index contributed by atoms with van der Waals surface area (Å²) >= 11 is 0. The van der Waals surface area contributed by atoms with Gasteiger partial charge in [-0.05, 0) is 40.8 Å². The Balaban J connectivity index is 1.61. The number of benzene rings is 2. The topological polar surface area (TPSA) is 27.8 Å². The average molecular weight is 254 g/mol. The van der Waals surface area contributed by atoms with Gasteiger partial charge in [0.05, 0.1) is 0 Å². The predicted octanol–water partition coefficient (Wildman–Crippen LogP) is 3.60. The van der Waals surface area contributed by atoms with E-state index < -0.39 is 0 Å². The molecule has 0 spiro atoms. The molecule has 0 amide bonds. The molecule has 0 radical (unpaired) electrons. The van der Waals surface area contributed by atoms with E-state index in [-0.39, 0.29) is 5.82 Å². The highest BCUT2D eigenvalue weighted by molar-refractivity contribution is 5.79. The van der Waals surface area contributed by atoms with Crippen LogP contribution in [0.15, 0.2) is 54.7 Å². The molecule has 3 aromatic rings. The molecular formula is C16H15FN2. The van der Waals surface area contributed by atoms with E-state index in [2.05, 4.69) is 34.6 Å². The highest BCUT2D eigenvalue weighted by atomic mass is 19.1. The predicted molar refractivity (Wildman–Crippen MR) is 75.2 cm³/mol. The van der Waals surface area contributed by atoms with Crippen LogP contribution in [0.4, 0.5) is 4.39 Å². The number of halogens is 1. The summed E-state index contributed by atoms with van der Waals surface area (Å²) in [6.07, 6.45) is 1.94. The second kappa shape index (κ2) is 5.24. The molecule has 3 rings (SSSR count). The second-order valence-corrected chi connectivity index (χ2v) is 4.63. The summed E-state index contributed by atoms with van der Waals surface area (Å²) in [5.41, 5.74) is 3.47. The SMILES string of the molecule is Fc1ccc(CNCc2ccc3cc[nH]c3c2)cc1. The van der Waals surface area contributed by atoms with Crippen molar-refractivity contribution in [3.05, 3.63) is 71.7 Å². The van der Waals surface area contributed by atoms with Crippen molar-refractivity contribution in [1.29, 1.82) is 0 Å². The van der Waals surface area contributed by atoms with Crippen LogP contribution in [0, 0.1) is 5.82 Å². The van der Waals surface area contributed by atoms with Crippen molar-refractivity contribution in [3.8, 4) is 0 Å². The molecule has 0 aliphatic heterocycles. The van der Waals surface area contributed by atoms with Gasteiger partial charge in [-0.3, -0.25) is 0 Å². The zero-order chi connectivity index (χ0) is 13.1. The fourth-order valence-electron chi connectivity index (χ4n) is 2.16. The zero-order valence-corrected chi connectivity index (χ0v) is 10.5. The van der Waals surface area contributed by atoms with Gasteiger partial charge in [0.15, 0.2) is 0 Å². The van der Waals surface area contributed by atoms with Gasteiger partial charge >= 0.3 is 0 Å². The maximum Gasteiger partial charge on any atom is 0.123 e. The first-order chi connectivity index (χ1) is 9.31. The summed E-state index contributed by atoms with van der Waals surface area (Å²) < 4.78 is 12.8. The van der Waals surface area contributed by atoms with Gasteiger partial charge in [-0.2, -0.15) is 0 Å². The van der Waals surface area contributed by atoms with Crippen molar-refractivity contribution in [2.45, 2.75) is 13.1 Å². The van der Waals surface area contributed by atoms with E-state index >= 15 is 0 Å². The highest BCUT2D eigenvalue weighted by Gasteiger charge is 1.98. The van der Waals surface area contributed by atoms with E-state index in [0.717, 1.165) is 24.2 Å². The van der Waals surface area contributed by atoms with Gasteiger partial charge < -0.3 is 10.3 Å². The number of fused-ring (bicyclic) bond motifs is 1. The van der Waals surface area contributed by atoms with Gasteiger partial charge in [0.2, 0.25) is 0 Å². The zero-order valence-electron chi connectivity index (χ0n) is 10.5. The lowest BCUT2D eigenvalue weighted by atomic mass is 10.1. The standard InChI is InChI=1S/C16H15FN2/c17-15-5-2-12(3-6-15)10-18-11-13-1-4-14-7-8-19-16(14)9-13/h1-9,18-19H,10-11H2. The van der Waals surface area contributed by atoms with Crippen LogP contribution in [0.1, 0.15) is 11.1 Å². The van der Waals surface area contributed by atoms with Gasteiger partial charge in [-0.1, -0.05) is 24.3 Å². The van der Waals surface area contributed by atoms with E-state index in [1.54, 1.807) is 12.1 Å². The van der Waals surface area contributed by atoms with Crippen molar-refractivity contribution in [2.75, 3.05) is 0 Å². The average Bonchev–Trinajstić information content (AvgIpc) is 2.88. The van der Waals surface area contributed by atoms with Gasteiger partial charge in [0, 0.05) is 24.8 Å². The molecule has 2 nitrogen and oxygen atoms in total. The molecule has 0 atom stereocenters. The molecular weight excluding hydrogens is 239 g/mol. The van der Waals surface area contributed by atoms with Gasteiger partial charge in [-0.15, -0.1) is 0 Å². The summed E-state index contributed by atoms with van der Waals surface area (Å²) in [6, 6.07) is 15.0. The van der Waals surface area contributed by atoms with Crippen LogP contribution in [0.25, 0.3) is 10.9 Å². The molecule has 0 bridgehead atoms. The summed E-state index contributed by atoms with van der Waals surface area (Å²) in [6.45, 7) is 1.54. The van der Waals surface area contributed by atoms with Crippen LogP contribution in [0.5, 0.6) is 0 Å². The smallest absolute Gasteiger partial charge is 0.123 e. The van der Waals surface area contributed by atoms with E-state index in [1.165, 1.54) is 23.1 Å². The lowest BCUT2D eigenvalue weighted by molar-refractivity contribution is 0.625. The molecule has 0 aliphatic rings. The Bertz CT molecular complexity index is 671. The fourth-order valence-corrected chi connectivity index (χ4v) is 2.16. The molecule has 0 unspecified atom stereocenters. The van der Waals surface area contributed by atoms with Crippen LogP contribution in [-0.4, -0.2) is 4.98 Å². The number of H-pyrrole nitrogens is 1.